The molecule has 0 aliphatic carbocycles. The molecule has 0 unspecified atom stereocenters. The van der Waals surface area contributed by atoms with Gasteiger partial charge in [-0.1, -0.05) is 6.07 Å². The highest BCUT2D eigenvalue weighted by Crippen LogP contribution is 2.32. The van der Waals surface area contributed by atoms with Crippen LogP contribution in [0.1, 0.15) is 11.1 Å². The fourth-order valence-electron chi connectivity index (χ4n) is 3.53. The Morgan fingerprint density at radius 3 is 2.70 bits per heavy atom. The van der Waals surface area contributed by atoms with Gasteiger partial charge in [-0.3, -0.25) is 14.6 Å². The van der Waals surface area contributed by atoms with Gasteiger partial charge in [0.25, 0.3) is 0 Å². The van der Waals surface area contributed by atoms with Crippen molar-refractivity contribution >= 4 is 17.2 Å². The second-order valence-corrected chi connectivity index (χ2v) is 7.93. The number of amides is 1. The number of thiophene rings is 1. The maximum absolute atomic E-state index is 12.6. The zero-order valence-electron chi connectivity index (χ0n) is 15.6. The number of ether oxygens (including phenoxy) is 2. The maximum Gasteiger partial charge on any atom is 0.236 e. The lowest BCUT2D eigenvalue weighted by Crippen LogP contribution is -2.50. The van der Waals surface area contributed by atoms with Crippen LogP contribution in [0.3, 0.4) is 0 Å². The molecule has 1 aromatic heterocycles. The minimum Gasteiger partial charge on any atom is -0.454 e. The van der Waals surface area contributed by atoms with E-state index in [1.54, 1.807) is 11.3 Å². The number of carbonyl (C=O) groups is 1. The van der Waals surface area contributed by atoms with E-state index in [1.807, 2.05) is 18.0 Å². The molecule has 0 spiro atoms. The van der Waals surface area contributed by atoms with Crippen molar-refractivity contribution in [2.75, 3.05) is 46.6 Å². The van der Waals surface area contributed by atoms with Gasteiger partial charge in [0, 0.05) is 39.3 Å². The first-order valence-electron chi connectivity index (χ1n) is 9.25. The van der Waals surface area contributed by atoms with E-state index in [2.05, 4.69) is 38.8 Å². The van der Waals surface area contributed by atoms with Crippen LogP contribution >= 0.6 is 11.3 Å². The summed E-state index contributed by atoms with van der Waals surface area (Å²) in [5, 5.41) is 4.21. The van der Waals surface area contributed by atoms with Crippen LogP contribution in [-0.4, -0.2) is 67.2 Å². The zero-order valence-corrected chi connectivity index (χ0v) is 16.4. The quantitative estimate of drug-likeness (QED) is 0.761. The molecule has 2 aromatic rings. The fourth-order valence-corrected chi connectivity index (χ4v) is 4.19. The van der Waals surface area contributed by atoms with Crippen LogP contribution < -0.4 is 9.47 Å². The van der Waals surface area contributed by atoms with E-state index >= 15 is 0 Å². The number of likely N-dealkylation sites (N-methyl/N-ethyl adjacent to an activating group) is 1. The van der Waals surface area contributed by atoms with E-state index in [4.69, 9.17) is 9.47 Å². The van der Waals surface area contributed by atoms with Gasteiger partial charge in [-0.15, -0.1) is 0 Å². The van der Waals surface area contributed by atoms with Gasteiger partial charge in [-0.25, -0.2) is 0 Å². The van der Waals surface area contributed by atoms with Crippen molar-refractivity contribution in [3.8, 4) is 11.5 Å². The minimum atomic E-state index is 0.218. The number of fused-ring (bicyclic) bond motifs is 1. The van der Waals surface area contributed by atoms with Crippen molar-refractivity contribution in [1.29, 1.82) is 0 Å². The standard InChI is InChI=1S/C20H25N3O3S/c1-21(11-17-4-9-27-14-17)13-20(24)23-7-5-22(6-8-23)12-16-2-3-18-19(10-16)26-15-25-18/h2-4,9-10,14H,5-8,11-13,15H2,1H3. The van der Waals surface area contributed by atoms with Crippen LogP contribution in [0.15, 0.2) is 35.0 Å². The molecule has 0 radical (unpaired) electrons. The monoisotopic (exact) mass is 387 g/mol. The van der Waals surface area contributed by atoms with E-state index in [0.717, 1.165) is 50.8 Å². The SMILES string of the molecule is CN(CC(=O)N1CCN(Cc2ccc3c(c2)OCO3)CC1)Cc1ccsc1. The normalized spacial score (nSPS) is 16.9. The molecule has 3 heterocycles. The number of piperazine rings is 1. The third-order valence-electron chi connectivity index (χ3n) is 5.01. The summed E-state index contributed by atoms with van der Waals surface area (Å²) >= 11 is 1.69. The Balaban J connectivity index is 1.23. The van der Waals surface area contributed by atoms with Gasteiger partial charge in [-0.2, -0.15) is 11.3 Å². The molecule has 6 nitrogen and oxygen atoms in total. The smallest absolute Gasteiger partial charge is 0.236 e. The molecule has 7 heteroatoms. The van der Waals surface area contributed by atoms with Crippen molar-refractivity contribution in [3.63, 3.8) is 0 Å². The Morgan fingerprint density at radius 1 is 1.11 bits per heavy atom. The molecule has 0 saturated carbocycles. The molecule has 0 atom stereocenters. The molecule has 1 fully saturated rings. The summed E-state index contributed by atoms with van der Waals surface area (Å²) in [4.78, 5) is 19.0. The van der Waals surface area contributed by atoms with Gasteiger partial charge in [0.05, 0.1) is 6.54 Å². The van der Waals surface area contributed by atoms with Crippen LogP contribution in [0.2, 0.25) is 0 Å². The Kier molecular flexibility index (Phi) is 5.61. The molecule has 1 aromatic carbocycles. The fraction of sp³-hybridized carbons (Fsp3) is 0.450. The van der Waals surface area contributed by atoms with E-state index in [1.165, 1.54) is 11.1 Å². The zero-order chi connectivity index (χ0) is 18.6. The summed E-state index contributed by atoms with van der Waals surface area (Å²) in [7, 11) is 2.01. The second-order valence-electron chi connectivity index (χ2n) is 7.15. The van der Waals surface area contributed by atoms with Crippen LogP contribution in [-0.2, 0) is 17.9 Å². The van der Waals surface area contributed by atoms with Gasteiger partial charge < -0.3 is 14.4 Å². The number of nitrogens with zero attached hydrogens (tertiary/aromatic N) is 3. The second kappa shape index (κ2) is 8.29. The molecule has 2 aliphatic heterocycles. The average Bonchev–Trinajstić information content (AvgIpc) is 3.33. The van der Waals surface area contributed by atoms with Crippen LogP contribution in [0.25, 0.3) is 0 Å². The number of carbonyl (C=O) groups excluding carboxylic acids is 1. The lowest BCUT2D eigenvalue weighted by Gasteiger charge is -2.35. The number of benzene rings is 1. The van der Waals surface area contributed by atoms with E-state index in [0.29, 0.717) is 13.3 Å². The van der Waals surface area contributed by atoms with Gasteiger partial charge >= 0.3 is 0 Å². The first-order chi connectivity index (χ1) is 13.2. The van der Waals surface area contributed by atoms with Crippen LogP contribution in [0, 0.1) is 0 Å². The number of rotatable bonds is 6. The molecule has 0 bridgehead atoms. The average molecular weight is 388 g/mol. The Bertz CT molecular complexity index is 773. The number of hydrogen-bond acceptors (Lipinski definition) is 6. The molecule has 1 saturated heterocycles. The van der Waals surface area contributed by atoms with Crippen molar-refractivity contribution in [3.05, 3.63) is 46.2 Å². The van der Waals surface area contributed by atoms with Crippen LogP contribution in [0.5, 0.6) is 11.5 Å². The Hall–Kier alpha value is -2.09. The third kappa shape index (κ3) is 4.61. The Morgan fingerprint density at radius 2 is 1.93 bits per heavy atom. The molecule has 1 amide bonds. The van der Waals surface area contributed by atoms with E-state index < -0.39 is 0 Å². The van der Waals surface area contributed by atoms with Crippen molar-refractivity contribution in [2.24, 2.45) is 0 Å². The molecular weight excluding hydrogens is 362 g/mol. The van der Waals surface area contributed by atoms with E-state index in [-0.39, 0.29) is 5.91 Å². The lowest BCUT2D eigenvalue weighted by atomic mass is 10.1. The van der Waals surface area contributed by atoms with Gasteiger partial charge in [0.15, 0.2) is 11.5 Å². The molecule has 144 valence electrons. The predicted octanol–water partition coefficient (Wildman–Crippen LogP) is 2.25. The van der Waals surface area contributed by atoms with Gasteiger partial charge in [0.2, 0.25) is 12.7 Å². The highest BCUT2D eigenvalue weighted by atomic mass is 32.1. The van der Waals surface area contributed by atoms with E-state index in [9.17, 15) is 4.79 Å². The topological polar surface area (TPSA) is 45.3 Å². The molecular formula is C20H25N3O3S. The highest BCUT2D eigenvalue weighted by Gasteiger charge is 2.22. The summed E-state index contributed by atoms with van der Waals surface area (Å²) in [6, 6.07) is 8.23. The third-order valence-corrected chi connectivity index (χ3v) is 5.74. The molecule has 2 aliphatic rings. The summed E-state index contributed by atoms with van der Waals surface area (Å²) in [6.07, 6.45) is 0. The summed E-state index contributed by atoms with van der Waals surface area (Å²) in [6.45, 7) is 5.84. The van der Waals surface area contributed by atoms with Crippen LogP contribution in [0.4, 0.5) is 0 Å². The number of hydrogen-bond donors (Lipinski definition) is 0. The summed E-state index contributed by atoms with van der Waals surface area (Å²) in [5.41, 5.74) is 2.48. The van der Waals surface area contributed by atoms with Gasteiger partial charge in [0.1, 0.15) is 0 Å². The highest BCUT2D eigenvalue weighted by molar-refractivity contribution is 7.07. The lowest BCUT2D eigenvalue weighted by molar-refractivity contribution is -0.134. The molecule has 4 rings (SSSR count). The molecule has 27 heavy (non-hydrogen) atoms. The predicted molar refractivity (Wildman–Crippen MR) is 105 cm³/mol. The van der Waals surface area contributed by atoms with Gasteiger partial charge in [-0.05, 0) is 47.1 Å². The first-order valence-corrected chi connectivity index (χ1v) is 10.2. The Labute approximate surface area is 163 Å². The first kappa shape index (κ1) is 18.3. The van der Waals surface area contributed by atoms with Crippen molar-refractivity contribution in [1.82, 2.24) is 14.7 Å². The van der Waals surface area contributed by atoms with Crippen molar-refractivity contribution in [2.45, 2.75) is 13.1 Å². The molecule has 0 N–H and O–H groups in total. The summed E-state index contributed by atoms with van der Waals surface area (Å²) < 4.78 is 10.8. The summed E-state index contributed by atoms with van der Waals surface area (Å²) in [5.74, 6) is 1.87. The maximum atomic E-state index is 12.6. The van der Waals surface area contributed by atoms with Crippen molar-refractivity contribution < 1.29 is 14.3 Å². The minimum absolute atomic E-state index is 0.218. The largest absolute Gasteiger partial charge is 0.454 e.